The Morgan fingerprint density at radius 3 is 2.70 bits per heavy atom. The Labute approximate surface area is 214 Å². The van der Waals surface area contributed by atoms with Crippen molar-refractivity contribution in [1.82, 2.24) is 14.9 Å². The number of nitrogens with zero attached hydrogens (tertiary/aromatic N) is 4. The maximum absolute atomic E-state index is 14.7. The van der Waals surface area contributed by atoms with Crippen LogP contribution in [-0.4, -0.2) is 67.0 Å². The van der Waals surface area contributed by atoms with E-state index in [1.807, 2.05) is 0 Å². The molecule has 1 unspecified atom stereocenters. The first-order valence-electron chi connectivity index (χ1n) is 11.8. The number of benzene rings is 2. The van der Waals surface area contributed by atoms with Crippen molar-refractivity contribution in [2.75, 3.05) is 51.2 Å². The van der Waals surface area contributed by atoms with E-state index in [9.17, 15) is 14.3 Å². The topological polar surface area (TPSA) is 109 Å². The number of hydrogen-bond donors (Lipinski definition) is 2. The minimum absolute atomic E-state index is 0.0643. The average Bonchev–Trinajstić information content (AvgIpc) is 2.88. The standard InChI is InChI=1S/C26H30FN5O5/c1-31-12-4-5-17(15-31)16-37-22-8-6-18(13-20(22)27)29-25-28-11-10-24(30-25)32(26(33)34)21-14-19(35-2)7-9-23(21)36-3/h6-11,13-14,17H,4-5,12,15-16H2,1-3H3,(H,33,34)(H,28,29,30). The third-order valence-corrected chi connectivity index (χ3v) is 6.07. The number of aromatic nitrogens is 2. The second-order valence-electron chi connectivity index (χ2n) is 8.75. The summed E-state index contributed by atoms with van der Waals surface area (Å²) in [6.45, 7) is 2.47. The molecule has 0 spiro atoms. The summed E-state index contributed by atoms with van der Waals surface area (Å²) in [5, 5.41) is 12.9. The van der Waals surface area contributed by atoms with Gasteiger partial charge in [-0.3, -0.25) is 0 Å². The Balaban J connectivity index is 1.51. The number of amides is 1. The van der Waals surface area contributed by atoms with Crippen molar-refractivity contribution in [2.45, 2.75) is 12.8 Å². The van der Waals surface area contributed by atoms with Crippen molar-refractivity contribution in [3.63, 3.8) is 0 Å². The number of rotatable bonds is 9. The van der Waals surface area contributed by atoms with Crippen LogP contribution >= 0.6 is 0 Å². The van der Waals surface area contributed by atoms with Gasteiger partial charge in [0.05, 0.1) is 26.5 Å². The minimum atomic E-state index is -1.28. The number of halogens is 1. The largest absolute Gasteiger partial charge is 0.497 e. The van der Waals surface area contributed by atoms with Gasteiger partial charge in [-0.05, 0) is 50.7 Å². The molecule has 37 heavy (non-hydrogen) atoms. The van der Waals surface area contributed by atoms with Crippen LogP contribution in [0.25, 0.3) is 0 Å². The molecule has 2 heterocycles. The number of anilines is 4. The van der Waals surface area contributed by atoms with Crippen LogP contribution in [0.2, 0.25) is 0 Å². The van der Waals surface area contributed by atoms with Gasteiger partial charge in [0.25, 0.3) is 0 Å². The van der Waals surface area contributed by atoms with Crippen molar-refractivity contribution in [1.29, 1.82) is 0 Å². The van der Waals surface area contributed by atoms with Gasteiger partial charge in [-0.2, -0.15) is 4.98 Å². The van der Waals surface area contributed by atoms with Crippen LogP contribution in [0.1, 0.15) is 12.8 Å². The molecule has 1 aliphatic rings. The van der Waals surface area contributed by atoms with E-state index < -0.39 is 11.9 Å². The van der Waals surface area contributed by atoms with E-state index in [1.54, 1.807) is 24.3 Å². The smallest absolute Gasteiger partial charge is 0.417 e. The predicted octanol–water partition coefficient (Wildman–Crippen LogP) is 4.91. The predicted molar refractivity (Wildman–Crippen MR) is 137 cm³/mol. The minimum Gasteiger partial charge on any atom is -0.497 e. The van der Waals surface area contributed by atoms with Gasteiger partial charge < -0.3 is 29.5 Å². The summed E-state index contributed by atoms with van der Waals surface area (Å²) in [7, 11) is 4.99. The van der Waals surface area contributed by atoms with Crippen LogP contribution in [0.4, 0.5) is 32.3 Å². The highest BCUT2D eigenvalue weighted by atomic mass is 19.1. The third kappa shape index (κ3) is 6.36. The number of hydrogen-bond acceptors (Lipinski definition) is 8. The molecule has 0 radical (unpaired) electrons. The summed E-state index contributed by atoms with van der Waals surface area (Å²) in [6, 6.07) is 10.7. The summed E-state index contributed by atoms with van der Waals surface area (Å²) in [4.78, 5) is 23.9. The number of likely N-dealkylation sites (tertiary alicyclic amines) is 1. The van der Waals surface area contributed by atoms with E-state index in [1.165, 1.54) is 38.6 Å². The molecule has 0 aliphatic carbocycles. The van der Waals surface area contributed by atoms with Gasteiger partial charge in [0.15, 0.2) is 11.6 Å². The number of nitrogens with one attached hydrogen (secondary N) is 1. The van der Waals surface area contributed by atoms with Crippen molar-refractivity contribution in [3.05, 3.63) is 54.5 Å². The molecule has 1 atom stereocenters. The van der Waals surface area contributed by atoms with Gasteiger partial charge in [-0.15, -0.1) is 0 Å². The zero-order valence-corrected chi connectivity index (χ0v) is 21.0. The molecule has 0 bridgehead atoms. The highest BCUT2D eigenvalue weighted by Crippen LogP contribution is 2.36. The zero-order valence-electron chi connectivity index (χ0n) is 21.0. The lowest BCUT2D eigenvalue weighted by Crippen LogP contribution is -2.34. The summed E-state index contributed by atoms with van der Waals surface area (Å²) >= 11 is 0. The molecule has 4 rings (SSSR count). The average molecular weight is 512 g/mol. The molecule has 196 valence electrons. The lowest BCUT2D eigenvalue weighted by Gasteiger charge is -2.29. The van der Waals surface area contributed by atoms with Gasteiger partial charge in [-0.25, -0.2) is 19.1 Å². The number of piperidine rings is 1. The van der Waals surface area contributed by atoms with Crippen molar-refractivity contribution >= 4 is 29.2 Å². The Morgan fingerprint density at radius 1 is 1.19 bits per heavy atom. The monoisotopic (exact) mass is 511 g/mol. The van der Waals surface area contributed by atoms with E-state index in [2.05, 4.69) is 27.2 Å². The van der Waals surface area contributed by atoms with Gasteiger partial charge in [0, 0.05) is 42.5 Å². The Bertz CT molecular complexity index is 1240. The quantitative estimate of drug-likeness (QED) is 0.414. The van der Waals surface area contributed by atoms with Crippen LogP contribution in [-0.2, 0) is 0 Å². The molecule has 1 amide bonds. The van der Waals surface area contributed by atoms with Crippen LogP contribution in [0.3, 0.4) is 0 Å². The molecule has 1 aromatic heterocycles. The summed E-state index contributed by atoms with van der Waals surface area (Å²) < 4.78 is 31.1. The van der Waals surface area contributed by atoms with Crippen molar-refractivity contribution in [2.24, 2.45) is 5.92 Å². The maximum atomic E-state index is 14.7. The van der Waals surface area contributed by atoms with E-state index >= 15 is 0 Å². The maximum Gasteiger partial charge on any atom is 0.417 e. The molecule has 1 saturated heterocycles. The molecular formula is C26H30FN5O5. The first-order chi connectivity index (χ1) is 17.9. The lowest BCUT2D eigenvalue weighted by molar-refractivity contribution is 0.147. The number of methoxy groups -OCH3 is 2. The SMILES string of the molecule is COc1ccc(OC)c(N(C(=O)O)c2ccnc(Nc3ccc(OCC4CCCN(C)C4)c(F)c3)n2)c1. The second kappa shape index (κ2) is 11.7. The van der Waals surface area contributed by atoms with Gasteiger partial charge in [0.1, 0.15) is 17.3 Å². The molecular weight excluding hydrogens is 481 g/mol. The summed E-state index contributed by atoms with van der Waals surface area (Å²) in [5.74, 6) is 0.941. The molecule has 1 aliphatic heterocycles. The molecule has 2 aromatic carbocycles. The molecule has 11 heteroatoms. The zero-order chi connectivity index (χ0) is 26.4. The van der Waals surface area contributed by atoms with E-state index in [-0.39, 0.29) is 23.2 Å². The summed E-state index contributed by atoms with van der Waals surface area (Å²) in [6.07, 6.45) is 2.29. The van der Waals surface area contributed by atoms with Gasteiger partial charge in [-0.1, -0.05) is 0 Å². The molecule has 0 saturated carbocycles. The Hall–Kier alpha value is -4.12. The van der Waals surface area contributed by atoms with Crippen LogP contribution < -0.4 is 24.4 Å². The summed E-state index contributed by atoms with van der Waals surface area (Å²) in [5.41, 5.74) is 0.607. The van der Waals surface area contributed by atoms with Gasteiger partial charge in [0.2, 0.25) is 5.95 Å². The Morgan fingerprint density at radius 2 is 2.00 bits per heavy atom. The number of carboxylic acid groups (broad SMARTS) is 1. The fourth-order valence-electron chi connectivity index (χ4n) is 4.27. The highest BCUT2D eigenvalue weighted by Gasteiger charge is 2.24. The molecule has 2 N–H and O–H groups in total. The normalized spacial score (nSPS) is 15.6. The van der Waals surface area contributed by atoms with E-state index in [0.717, 1.165) is 30.8 Å². The van der Waals surface area contributed by atoms with Crippen molar-refractivity contribution < 1.29 is 28.5 Å². The fraction of sp³-hybridized carbons (Fsp3) is 0.346. The first-order valence-corrected chi connectivity index (χ1v) is 11.8. The molecule has 3 aromatic rings. The second-order valence-corrected chi connectivity index (χ2v) is 8.75. The van der Waals surface area contributed by atoms with Crippen LogP contribution in [0.15, 0.2) is 48.7 Å². The van der Waals surface area contributed by atoms with Crippen LogP contribution in [0, 0.1) is 11.7 Å². The fourth-order valence-corrected chi connectivity index (χ4v) is 4.27. The molecule has 10 nitrogen and oxygen atoms in total. The Kier molecular flexibility index (Phi) is 8.24. The van der Waals surface area contributed by atoms with Crippen LogP contribution in [0.5, 0.6) is 17.2 Å². The highest BCUT2D eigenvalue weighted by molar-refractivity contribution is 5.96. The molecule has 1 fully saturated rings. The first kappa shape index (κ1) is 26.0. The van der Waals surface area contributed by atoms with E-state index in [4.69, 9.17) is 14.2 Å². The number of ether oxygens (including phenoxy) is 3. The van der Waals surface area contributed by atoms with Crippen molar-refractivity contribution in [3.8, 4) is 17.2 Å². The number of carbonyl (C=O) groups is 1. The lowest BCUT2D eigenvalue weighted by atomic mass is 10.00. The van der Waals surface area contributed by atoms with E-state index in [0.29, 0.717) is 29.7 Å². The third-order valence-electron chi connectivity index (χ3n) is 6.07. The van der Waals surface area contributed by atoms with Gasteiger partial charge >= 0.3 is 6.09 Å².